The van der Waals surface area contributed by atoms with E-state index in [0.29, 0.717) is 16.9 Å². The fourth-order valence-corrected chi connectivity index (χ4v) is 4.66. The monoisotopic (exact) mass is 271 g/mol. The molecule has 0 aromatic carbocycles. The van der Waals surface area contributed by atoms with Crippen molar-refractivity contribution in [1.82, 2.24) is 19.6 Å². The van der Waals surface area contributed by atoms with E-state index in [4.69, 9.17) is 0 Å². The van der Waals surface area contributed by atoms with Crippen LogP contribution < -0.4 is 5.32 Å². The normalized spacial score (nSPS) is 34.8. The van der Waals surface area contributed by atoms with Crippen LogP contribution in [0.15, 0.2) is 18.7 Å². The molecule has 4 rings (SSSR count). The highest BCUT2D eigenvalue weighted by Crippen LogP contribution is 2.63. The second kappa shape index (κ2) is 3.71. The van der Waals surface area contributed by atoms with E-state index in [2.05, 4.69) is 41.3 Å². The first kappa shape index (κ1) is 12.1. The third kappa shape index (κ3) is 1.46. The van der Waals surface area contributed by atoms with Gasteiger partial charge < -0.3 is 5.32 Å². The van der Waals surface area contributed by atoms with E-state index in [1.54, 1.807) is 12.5 Å². The molecule has 2 aromatic rings. The quantitative estimate of drug-likeness (QED) is 0.912. The van der Waals surface area contributed by atoms with Gasteiger partial charge in [0.1, 0.15) is 6.33 Å². The Morgan fingerprint density at radius 3 is 2.95 bits per heavy atom. The maximum Gasteiger partial charge on any atom is 0.203 e. The van der Waals surface area contributed by atoms with Gasteiger partial charge in [-0.3, -0.25) is 4.40 Å². The number of nitrogens with one attached hydrogen (secondary N) is 1. The van der Waals surface area contributed by atoms with Gasteiger partial charge in [0.05, 0.1) is 0 Å². The molecule has 0 amide bonds. The first-order valence-corrected chi connectivity index (χ1v) is 7.42. The van der Waals surface area contributed by atoms with Gasteiger partial charge in [-0.05, 0) is 36.0 Å². The SMILES string of the molecule is CC12CCC(C1)C(C)(C)C2Nc1nccn2cnnc12. The highest BCUT2D eigenvalue weighted by molar-refractivity contribution is 5.62. The number of aromatic nitrogens is 4. The van der Waals surface area contributed by atoms with Crippen molar-refractivity contribution in [2.75, 3.05) is 5.32 Å². The summed E-state index contributed by atoms with van der Waals surface area (Å²) in [6.07, 6.45) is 9.41. The summed E-state index contributed by atoms with van der Waals surface area (Å²) >= 11 is 0. The maximum absolute atomic E-state index is 4.49. The van der Waals surface area contributed by atoms with Crippen molar-refractivity contribution in [3.63, 3.8) is 0 Å². The molecule has 2 aromatic heterocycles. The molecule has 0 aliphatic heterocycles. The molecule has 2 bridgehead atoms. The number of fused-ring (bicyclic) bond motifs is 3. The lowest BCUT2D eigenvalue weighted by molar-refractivity contribution is 0.155. The summed E-state index contributed by atoms with van der Waals surface area (Å²) in [7, 11) is 0. The van der Waals surface area contributed by atoms with E-state index in [-0.39, 0.29) is 0 Å². The Morgan fingerprint density at radius 2 is 2.20 bits per heavy atom. The lowest BCUT2D eigenvalue weighted by Gasteiger charge is -2.43. The molecule has 3 atom stereocenters. The molecule has 0 saturated heterocycles. The topological polar surface area (TPSA) is 55.1 Å². The smallest absolute Gasteiger partial charge is 0.203 e. The number of rotatable bonds is 2. The van der Waals surface area contributed by atoms with E-state index < -0.39 is 0 Å². The molecule has 5 heteroatoms. The molecule has 106 valence electrons. The van der Waals surface area contributed by atoms with Gasteiger partial charge in [0.25, 0.3) is 0 Å². The van der Waals surface area contributed by atoms with Crippen LogP contribution >= 0.6 is 0 Å². The summed E-state index contributed by atoms with van der Waals surface area (Å²) in [5.41, 5.74) is 1.50. The van der Waals surface area contributed by atoms with Crippen LogP contribution in [0.1, 0.15) is 40.0 Å². The molecule has 3 unspecified atom stereocenters. The fraction of sp³-hybridized carbons (Fsp3) is 0.667. The first-order chi connectivity index (χ1) is 9.51. The summed E-state index contributed by atoms with van der Waals surface area (Å²) in [5, 5.41) is 11.9. The molecular weight excluding hydrogens is 250 g/mol. The van der Waals surface area contributed by atoms with Crippen molar-refractivity contribution >= 4 is 11.5 Å². The number of nitrogens with zero attached hydrogens (tertiary/aromatic N) is 4. The Balaban J connectivity index is 1.74. The third-order valence-electron chi connectivity index (χ3n) is 5.77. The zero-order valence-corrected chi connectivity index (χ0v) is 12.3. The summed E-state index contributed by atoms with van der Waals surface area (Å²) in [4.78, 5) is 4.49. The Hall–Kier alpha value is -1.65. The van der Waals surface area contributed by atoms with Crippen molar-refractivity contribution in [1.29, 1.82) is 0 Å². The Bertz CT molecular complexity index is 656. The van der Waals surface area contributed by atoms with E-state index in [1.807, 2.05) is 10.6 Å². The van der Waals surface area contributed by atoms with Gasteiger partial charge in [0.2, 0.25) is 5.65 Å². The molecule has 20 heavy (non-hydrogen) atoms. The molecule has 2 aliphatic carbocycles. The van der Waals surface area contributed by atoms with E-state index in [9.17, 15) is 0 Å². The molecule has 0 spiro atoms. The van der Waals surface area contributed by atoms with Crippen LogP contribution in [-0.2, 0) is 0 Å². The number of anilines is 1. The predicted molar refractivity (Wildman–Crippen MR) is 77.4 cm³/mol. The van der Waals surface area contributed by atoms with Crippen LogP contribution in [0.5, 0.6) is 0 Å². The summed E-state index contributed by atoms with van der Waals surface area (Å²) in [6, 6.07) is 0.448. The highest BCUT2D eigenvalue weighted by atomic mass is 15.3. The second-order valence-electron chi connectivity index (χ2n) is 7.33. The van der Waals surface area contributed by atoms with Crippen molar-refractivity contribution < 1.29 is 0 Å². The van der Waals surface area contributed by atoms with Crippen LogP contribution in [0.25, 0.3) is 5.65 Å². The van der Waals surface area contributed by atoms with Gasteiger partial charge in [-0.1, -0.05) is 20.8 Å². The van der Waals surface area contributed by atoms with Gasteiger partial charge in [-0.2, -0.15) is 0 Å². The van der Waals surface area contributed by atoms with E-state index >= 15 is 0 Å². The minimum atomic E-state index is 0.307. The maximum atomic E-state index is 4.49. The Labute approximate surface area is 118 Å². The fourth-order valence-electron chi connectivity index (χ4n) is 4.66. The van der Waals surface area contributed by atoms with Gasteiger partial charge in [-0.15, -0.1) is 10.2 Å². The van der Waals surface area contributed by atoms with Crippen LogP contribution in [0.4, 0.5) is 5.82 Å². The van der Waals surface area contributed by atoms with Crippen molar-refractivity contribution in [3.8, 4) is 0 Å². The van der Waals surface area contributed by atoms with Crippen molar-refractivity contribution in [3.05, 3.63) is 18.7 Å². The number of hydrogen-bond donors (Lipinski definition) is 1. The van der Waals surface area contributed by atoms with Crippen LogP contribution in [-0.4, -0.2) is 25.6 Å². The summed E-state index contributed by atoms with van der Waals surface area (Å²) in [6.45, 7) is 7.21. The minimum Gasteiger partial charge on any atom is -0.363 e. The molecule has 1 N–H and O–H groups in total. The summed E-state index contributed by atoms with van der Waals surface area (Å²) in [5.74, 6) is 1.68. The molecule has 5 nitrogen and oxygen atoms in total. The number of hydrogen-bond acceptors (Lipinski definition) is 4. The molecule has 2 heterocycles. The molecule has 2 aliphatic rings. The Morgan fingerprint density at radius 1 is 1.35 bits per heavy atom. The third-order valence-corrected chi connectivity index (χ3v) is 5.77. The van der Waals surface area contributed by atoms with Gasteiger partial charge >= 0.3 is 0 Å². The van der Waals surface area contributed by atoms with Crippen molar-refractivity contribution in [2.45, 2.75) is 46.1 Å². The molecule has 0 radical (unpaired) electrons. The molecular formula is C15H21N5. The average molecular weight is 271 g/mol. The minimum absolute atomic E-state index is 0.307. The van der Waals surface area contributed by atoms with Crippen LogP contribution in [0.2, 0.25) is 0 Å². The highest BCUT2D eigenvalue weighted by Gasteiger charge is 2.59. The van der Waals surface area contributed by atoms with E-state index in [0.717, 1.165) is 17.4 Å². The molecule has 2 fully saturated rings. The predicted octanol–water partition coefficient (Wildman–Crippen LogP) is 2.75. The Kier molecular flexibility index (Phi) is 2.25. The van der Waals surface area contributed by atoms with Gasteiger partial charge in [0.15, 0.2) is 5.82 Å². The first-order valence-electron chi connectivity index (χ1n) is 7.42. The largest absolute Gasteiger partial charge is 0.363 e. The van der Waals surface area contributed by atoms with Crippen LogP contribution in [0.3, 0.4) is 0 Å². The molecule has 2 saturated carbocycles. The second-order valence-corrected chi connectivity index (χ2v) is 7.33. The van der Waals surface area contributed by atoms with E-state index in [1.165, 1.54) is 19.3 Å². The lowest BCUT2D eigenvalue weighted by Crippen LogP contribution is -2.46. The average Bonchev–Trinajstić information content (AvgIpc) is 3.05. The summed E-state index contributed by atoms with van der Waals surface area (Å²) < 4.78 is 1.91. The zero-order chi connectivity index (χ0) is 14.0. The standard InChI is InChI=1S/C15H21N5/c1-14(2)10-4-5-15(3,8-10)13(14)18-11-12-19-17-9-20(12)7-6-16-11/h6-7,9-10,13H,4-5,8H2,1-3H3,(H,16,18). The lowest BCUT2D eigenvalue weighted by atomic mass is 9.68. The zero-order valence-electron chi connectivity index (χ0n) is 12.3. The van der Waals surface area contributed by atoms with Gasteiger partial charge in [0, 0.05) is 18.4 Å². The van der Waals surface area contributed by atoms with Gasteiger partial charge in [-0.25, -0.2) is 4.98 Å². The van der Waals surface area contributed by atoms with Crippen LogP contribution in [0, 0.1) is 16.7 Å². The van der Waals surface area contributed by atoms with Crippen molar-refractivity contribution in [2.24, 2.45) is 16.7 Å².